The van der Waals surface area contributed by atoms with Crippen LogP contribution in [-0.4, -0.2) is 29.3 Å². The molecule has 2 amide bonds. The lowest BCUT2D eigenvalue weighted by Crippen LogP contribution is -2.49. The Morgan fingerprint density at radius 3 is 2.60 bits per heavy atom. The summed E-state index contributed by atoms with van der Waals surface area (Å²) in [5, 5.41) is 2.95. The third-order valence-corrected chi connectivity index (χ3v) is 6.41. The molecule has 2 aromatic rings. The first kappa shape index (κ1) is 20.7. The van der Waals surface area contributed by atoms with Crippen molar-refractivity contribution in [2.45, 2.75) is 65.3 Å². The number of anilines is 1. The van der Waals surface area contributed by atoms with E-state index in [4.69, 9.17) is 4.42 Å². The monoisotopic (exact) mass is 408 g/mol. The molecule has 1 aliphatic carbocycles. The van der Waals surface area contributed by atoms with Gasteiger partial charge in [0.25, 0.3) is 5.91 Å². The average molecular weight is 409 g/mol. The van der Waals surface area contributed by atoms with Gasteiger partial charge in [0.2, 0.25) is 5.91 Å². The molecule has 2 unspecified atom stereocenters. The lowest BCUT2D eigenvalue weighted by molar-refractivity contribution is -0.123. The number of rotatable bonds is 3. The van der Waals surface area contributed by atoms with E-state index < -0.39 is 5.41 Å². The number of hydrogen-bond donors (Lipinski definition) is 1. The number of nitrogens with one attached hydrogen (secondary N) is 1. The predicted molar refractivity (Wildman–Crippen MR) is 118 cm³/mol. The number of carbonyl (C=O) groups excluding carboxylic acids is 2. The summed E-state index contributed by atoms with van der Waals surface area (Å²) in [5.41, 5.74) is 1.10. The van der Waals surface area contributed by atoms with E-state index in [1.807, 2.05) is 51.1 Å². The Labute approximate surface area is 178 Å². The van der Waals surface area contributed by atoms with Crippen molar-refractivity contribution < 1.29 is 14.0 Å². The molecule has 30 heavy (non-hydrogen) atoms. The maximum atomic E-state index is 13.2. The van der Waals surface area contributed by atoms with Gasteiger partial charge in [-0.25, -0.2) is 0 Å². The molecule has 4 rings (SSSR count). The van der Waals surface area contributed by atoms with Crippen molar-refractivity contribution in [1.82, 2.24) is 4.90 Å². The van der Waals surface area contributed by atoms with Gasteiger partial charge in [0.15, 0.2) is 5.76 Å². The normalized spacial score (nSPS) is 21.8. The Bertz CT molecular complexity index is 922. The summed E-state index contributed by atoms with van der Waals surface area (Å²) in [6.45, 7) is 6.47. The van der Waals surface area contributed by atoms with Crippen LogP contribution in [-0.2, 0) is 4.79 Å². The van der Waals surface area contributed by atoms with Crippen LogP contribution < -0.4 is 5.32 Å². The minimum atomic E-state index is -0.467. The minimum absolute atomic E-state index is 0.00930. The molecule has 2 aliphatic rings. The minimum Gasteiger partial charge on any atom is -0.451 e. The molecule has 1 aliphatic heterocycles. The van der Waals surface area contributed by atoms with Gasteiger partial charge < -0.3 is 14.6 Å². The zero-order valence-electron chi connectivity index (χ0n) is 18.2. The van der Waals surface area contributed by atoms with Crippen LogP contribution in [0.4, 0.5) is 5.69 Å². The van der Waals surface area contributed by atoms with Crippen LogP contribution >= 0.6 is 0 Å². The maximum Gasteiger partial charge on any atom is 0.289 e. The van der Waals surface area contributed by atoms with Crippen LogP contribution in [0.15, 0.2) is 40.8 Å². The van der Waals surface area contributed by atoms with Crippen molar-refractivity contribution in [3.8, 4) is 11.3 Å². The van der Waals surface area contributed by atoms with Crippen molar-refractivity contribution in [1.29, 1.82) is 0 Å². The summed E-state index contributed by atoms with van der Waals surface area (Å²) < 4.78 is 5.99. The Morgan fingerprint density at radius 2 is 1.80 bits per heavy atom. The highest BCUT2D eigenvalue weighted by Crippen LogP contribution is 2.36. The largest absolute Gasteiger partial charge is 0.451 e. The number of likely N-dealkylation sites (tertiary alicyclic amines) is 1. The molecule has 1 aromatic carbocycles. The molecule has 1 aromatic heterocycles. The number of hydrogen-bond acceptors (Lipinski definition) is 3. The molecular formula is C25H32N2O3. The zero-order valence-corrected chi connectivity index (χ0v) is 18.2. The van der Waals surface area contributed by atoms with Crippen LogP contribution in [0, 0.1) is 11.3 Å². The molecule has 2 atom stereocenters. The van der Waals surface area contributed by atoms with Crippen LogP contribution in [0.2, 0.25) is 0 Å². The number of nitrogens with zero attached hydrogens (tertiary/aromatic N) is 1. The molecule has 2 heterocycles. The Hall–Kier alpha value is -2.56. The second kappa shape index (κ2) is 8.29. The summed E-state index contributed by atoms with van der Waals surface area (Å²) >= 11 is 0. The molecule has 0 spiro atoms. The average Bonchev–Trinajstić information content (AvgIpc) is 3.23. The third kappa shape index (κ3) is 4.30. The van der Waals surface area contributed by atoms with Crippen LogP contribution in [0.25, 0.3) is 11.3 Å². The molecule has 160 valence electrons. The molecule has 1 N–H and O–H groups in total. The van der Waals surface area contributed by atoms with Gasteiger partial charge in [-0.05, 0) is 55.9 Å². The van der Waals surface area contributed by atoms with Gasteiger partial charge in [-0.2, -0.15) is 0 Å². The number of benzene rings is 1. The molecule has 5 nitrogen and oxygen atoms in total. The number of carbonyl (C=O) groups is 2. The lowest BCUT2D eigenvalue weighted by atomic mass is 9.78. The Balaban J connectivity index is 1.51. The summed E-state index contributed by atoms with van der Waals surface area (Å²) in [6, 6.07) is 11.6. The second-order valence-electron chi connectivity index (χ2n) is 9.70. The van der Waals surface area contributed by atoms with E-state index in [2.05, 4.69) is 10.2 Å². The van der Waals surface area contributed by atoms with Crippen molar-refractivity contribution in [3.05, 3.63) is 42.2 Å². The van der Waals surface area contributed by atoms with Gasteiger partial charge in [0.1, 0.15) is 5.76 Å². The van der Waals surface area contributed by atoms with Gasteiger partial charge in [-0.15, -0.1) is 0 Å². The first-order valence-corrected chi connectivity index (χ1v) is 11.2. The second-order valence-corrected chi connectivity index (χ2v) is 9.70. The fraction of sp³-hybridized carbons (Fsp3) is 0.520. The Kier molecular flexibility index (Phi) is 5.72. The van der Waals surface area contributed by atoms with E-state index in [1.165, 1.54) is 25.7 Å². The molecule has 2 fully saturated rings. The highest BCUT2D eigenvalue weighted by Gasteiger charge is 2.36. The van der Waals surface area contributed by atoms with E-state index in [0.29, 0.717) is 23.5 Å². The maximum absolute atomic E-state index is 13.2. The van der Waals surface area contributed by atoms with E-state index in [-0.39, 0.29) is 11.8 Å². The van der Waals surface area contributed by atoms with Crippen molar-refractivity contribution in [3.63, 3.8) is 0 Å². The molecule has 5 heteroatoms. The lowest BCUT2D eigenvalue weighted by Gasteiger charge is -2.43. The van der Waals surface area contributed by atoms with Crippen molar-refractivity contribution in [2.75, 3.05) is 11.9 Å². The summed E-state index contributed by atoms with van der Waals surface area (Å²) in [4.78, 5) is 27.5. The molecule has 0 radical (unpaired) electrons. The Morgan fingerprint density at radius 1 is 1.03 bits per heavy atom. The van der Waals surface area contributed by atoms with E-state index in [9.17, 15) is 9.59 Å². The van der Waals surface area contributed by atoms with Gasteiger partial charge in [0, 0.05) is 29.3 Å². The summed E-state index contributed by atoms with van der Waals surface area (Å²) in [7, 11) is 0. The summed E-state index contributed by atoms with van der Waals surface area (Å²) in [6.07, 6.45) is 7.17. The van der Waals surface area contributed by atoms with Gasteiger partial charge >= 0.3 is 0 Å². The standard InChI is InChI=1S/C25H32N2O3/c1-25(2,3)24(29)26-19-11-6-9-18(16-19)21-13-14-22(30-21)23(28)27-15-7-10-17-8-4-5-12-20(17)27/h6,9,11,13-14,16-17,20H,4-5,7-8,10,12,15H2,1-3H3,(H,26,29). The highest BCUT2D eigenvalue weighted by molar-refractivity contribution is 5.95. The van der Waals surface area contributed by atoms with Gasteiger partial charge in [-0.3, -0.25) is 9.59 Å². The van der Waals surface area contributed by atoms with Gasteiger partial charge in [-0.1, -0.05) is 45.7 Å². The quantitative estimate of drug-likeness (QED) is 0.706. The molecule has 1 saturated carbocycles. The van der Waals surface area contributed by atoms with E-state index >= 15 is 0 Å². The number of furan rings is 1. The predicted octanol–water partition coefficient (Wildman–Crippen LogP) is 5.73. The first-order chi connectivity index (χ1) is 14.3. The number of fused-ring (bicyclic) bond motifs is 1. The van der Waals surface area contributed by atoms with E-state index in [0.717, 1.165) is 30.6 Å². The fourth-order valence-corrected chi connectivity index (χ4v) is 4.70. The number of piperidine rings is 1. The SMILES string of the molecule is CC(C)(C)C(=O)Nc1cccc(-c2ccc(C(=O)N3CCCC4CCCCC43)o2)c1. The van der Waals surface area contributed by atoms with E-state index in [1.54, 1.807) is 6.07 Å². The van der Waals surface area contributed by atoms with Gasteiger partial charge in [0.05, 0.1) is 0 Å². The van der Waals surface area contributed by atoms with Crippen molar-refractivity contribution in [2.24, 2.45) is 11.3 Å². The highest BCUT2D eigenvalue weighted by atomic mass is 16.4. The van der Waals surface area contributed by atoms with Crippen LogP contribution in [0.3, 0.4) is 0 Å². The first-order valence-electron chi connectivity index (χ1n) is 11.2. The molecule has 1 saturated heterocycles. The molecule has 0 bridgehead atoms. The number of amides is 2. The van der Waals surface area contributed by atoms with Crippen molar-refractivity contribution >= 4 is 17.5 Å². The smallest absolute Gasteiger partial charge is 0.289 e. The molecular weight excluding hydrogens is 376 g/mol. The topological polar surface area (TPSA) is 62.6 Å². The van der Waals surface area contributed by atoms with Crippen LogP contribution in [0.1, 0.15) is 69.9 Å². The fourth-order valence-electron chi connectivity index (χ4n) is 4.70. The van der Waals surface area contributed by atoms with Crippen LogP contribution in [0.5, 0.6) is 0 Å². The summed E-state index contributed by atoms with van der Waals surface area (Å²) in [5.74, 6) is 1.66. The third-order valence-electron chi connectivity index (χ3n) is 6.41. The zero-order chi connectivity index (χ0) is 21.3.